The maximum atomic E-state index is 13.5. The molecule has 182 valence electrons. The van der Waals surface area contributed by atoms with Crippen LogP contribution in [-0.4, -0.2) is 48.3 Å². The first kappa shape index (κ1) is 24.1. The SMILES string of the molecule is COc1ccc2c(c1)CCC[C@@]21NC(=O)N(C[C@@H](O)COc2ccc(C(C)(C)C)cc2C)C1=O. The molecule has 2 aromatic rings. The van der Waals surface area contributed by atoms with Gasteiger partial charge in [-0.25, -0.2) is 4.79 Å². The molecule has 34 heavy (non-hydrogen) atoms. The number of methoxy groups -OCH3 is 1. The highest BCUT2D eigenvalue weighted by atomic mass is 16.5. The van der Waals surface area contributed by atoms with Crippen LogP contribution in [-0.2, 0) is 22.2 Å². The van der Waals surface area contributed by atoms with Crippen molar-refractivity contribution in [2.75, 3.05) is 20.3 Å². The summed E-state index contributed by atoms with van der Waals surface area (Å²) in [4.78, 5) is 27.4. The highest BCUT2D eigenvalue weighted by Gasteiger charge is 2.54. The smallest absolute Gasteiger partial charge is 0.325 e. The van der Waals surface area contributed by atoms with Gasteiger partial charge in [-0.05, 0) is 72.1 Å². The number of aryl methyl sites for hydroxylation is 2. The molecule has 1 fully saturated rings. The lowest BCUT2D eigenvalue weighted by molar-refractivity contribution is -0.133. The van der Waals surface area contributed by atoms with E-state index >= 15 is 0 Å². The third-order valence-corrected chi connectivity index (χ3v) is 6.81. The van der Waals surface area contributed by atoms with Crippen molar-refractivity contribution in [1.29, 1.82) is 0 Å². The monoisotopic (exact) mass is 466 g/mol. The Morgan fingerprint density at radius 2 is 1.94 bits per heavy atom. The van der Waals surface area contributed by atoms with Gasteiger partial charge in [-0.2, -0.15) is 0 Å². The van der Waals surface area contributed by atoms with Crippen molar-refractivity contribution in [3.63, 3.8) is 0 Å². The summed E-state index contributed by atoms with van der Waals surface area (Å²) in [5, 5.41) is 13.5. The Morgan fingerprint density at radius 1 is 1.18 bits per heavy atom. The molecule has 2 aromatic carbocycles. The van der Waals surface area contributed by atoms with Gasteiger partial charge in [-0.3, -0.25) is 9.69 Å². The number of nitrogens with zero attached hydrogens (tertiary/aromatic N) is 1. The minimum Gasteiger partial charge on any atom is -0.497 e. The van der Waals surface area contributed by atoms with E-state index < -0.39 is 17.7 Å². The molecular formula is C27H34N2O5. The fourth-order valence-corrected chi connectivity index (χ4v) is 4.87. The lowest BCUT2D eigenvalue weighted by Crippen LogP contribution is -2.47. The van der Waals surface area contributed by atoms with Crippen LogP contribution in [0.3, 0.4) is 0 Å². The molecule has 7 nitrogen and oxygen atoms in total. The highest BCUT2D eigenvalue weighted by molar-refractivity contribution is 6.07. The molecule has 0 unspecified atom stereocenters. The second-order valence-electron chi connectivity index (χ2n) is 10.3. The first-order valence-corrected chi connectivity index (χ1v) is 11.8. The number of rotatable bonds is 6. The summed E-state index contributed by atoms with van der Waals surface area (Å²) < 4.78 is 11.2. The van der Waals surface area contributed by atoms with Crippen LogP contribution in [0.2, 0.25) is 0 Å². The van der Waals surface area contributed by atoms with E-state index in [2.05, 4.69) is 32.2 Å². The molecule has 2 N–H and O–H groups in total. The van der Waals surface area contributed by atoms with Gasteiger partial charge in [0.2, 0.25) is 0 Å². The average molecular weight is 467 g/mol. The first-order valence-electron chi connectivity index (χ1n) is 11.8. The number of hydrogen-bond acceptors (Lipinski definition) is 5. The first-order chi connectivity index (χ1) is 16.0. The number of carbonyl (C=O) groups is 2. The summed E-state index contributed by atoms with van der Waals surface area (Å²) >= 11 is 0. The molecule has 1 saturated heterocycles. The number of urea groups is 1. The Hall–Kier alpha value is -3.06. The fraction of sp³-hybridized carbons (Fsp3) is 0.481. The quantitative estimate of drug-likeness (QED) is 0.632. The molecule has 0 saturated carbocycles. The van der Waals surface area contributed by atoms with Gasteiger partial charge in [-0.1, -0.05) is 39.0 Å². The normalized spacial score (nSPS) is 20.8. The summed E-state index contributed by atoms with van der Waals surface area (Å²) in [5.74, 6) is 1.08. The zero-order valence-electron chi connectivity index (χ0n) is 20.6. The third kappa shape index (κ3) is 4.37. The van der Waals surface area contributed by atoms with Crippen LogP contribution >= 0.6 is 0 Å². The summed E-state index contributed by atoms with van der Waals surface area (Å²) in [6.07, 6.45) is 1.11. The van der Waals surface area contributed by atoms with Crippen LogP contribution in [0.15, 0.2) is 36.4 Å². The summed E-state index contributed by atoms with van der Waals surface area (Å²) in [7, 11) is 1.61. The number of amides is 3. The van der Waals surface area contributed by atoms with Gasteiger partial charge < -0.3 is 19.9 Å². The number of ether oxygens (including phenoxy) is 2. The number of aliphatic hydroxyl groups is 1. The largest absolute Gasteiger partial charge is 0.497 e. The highest BCUT2D eigenvalue weighted by Crippen LogP contribution is 2.41. The second-order valence-corrected chi connectivity index (χ2v) is 10.3. The molecule has 1 aliphatic heterocycles. The van der Waals surface area contributed by atoms with Gasteiger partial charge in [0.25, 0.3) is 5.91 Å². The maximum Gasteiger partial charge on any atom is 0.325 e. The number of fused-ring (bicyclic) bond motifs is 2. The van der Waals surface area contributed by atoms with Crippen LogP contribution in [0.4, 0.5) is 4.79 Å². The molecule has 1 heterocycles. The van der Waals surface area contributed by atoms with E-state index in [9.17, 15) is 14.7 Å². The van der Waals surface area contributed by atoms with Crippen molar-refractivity contribution in [3.8, 4) is 11.5 Å². The number of aliphatic hydroxyl groups excluding tert-OH is 1. The predicted molar refractivity (Wildman–Crippen MR) is 129 cm³/mol. The van der Waals surface area contributed by atoms with Gasteiger partial charge in [0.05, 0.1) is 13.7 Å². The van der Waals surface area contributed by atoms with Crippen molar-refractivity contribution in [2.24, 2.45) is 0 Å². The van der Waals surface area contributed by atoms with Crippen molar-refractivity contribution in [3.05, 3.63) is 58.7 Å². The molecule has 1 aliphatic carbocycles. The lowest BCUT2D eigenvalue weighted by Gasteiger charge is -2.33. The van der Waals surface area contributed by atoms with Crippen LogP contribution in [0.5, 0.6) is 11.5 Å². The maximum absolute atomic E-state index is 13.5. The second kappa shape index (κ2) is 8.95. The molecule has 4 rings (SSSR count). The Kier molecular flexibility index (Phi) is 6.34. The molecule has 7 heteroatoms. The van der Waals surface area contributed by atoms with Gasteiger partial charge in [-0.15, -0.1) is 0 Å². The Balaban J connectivity index is 1.45. The lowest BCUT2D eigenvalue weighted by atomic mass is 9.76. The molecule has 2 atom stereocenters. The molecule has 0 radical (unpaired) electrons. The zero-order chi connectivity index (χ0) is 24.7. The molecule has 0 bridgehead atoms. The summed E-state index contributed by atoms with van der Waals surface area (Å²) in [6, 6.07) is 11.1. The standard InChI is InChI=1S/C27H34N2O5/c1-17-13-19(26(2,3)4)8-11-23(17)34-16-20(30)15-29-24(31)27(28-25(29)32)12-6-7-18-14-21(33-5)9-10-22(18)27/h8-11,13-14,20,30H,6-7,12,15-16H2,1-5H3,(H,28,32)/t20-,27-/m1/s1. The number of β-amino-alcohol motifs (C(OH)–C–C–N with tert-alkyl or cyclic N) is 1. The molecular weight excluding hydrogens is 432 g/mol. The van der Waals surface area contributed by atoms with E-state index in [0.29, 0.717) is 12.2 Å². The predicted octanol–water partition coefficient (Wildman–Crippen LogP) is 3.82. The number of imide groups is 1. The van der Waals surface area contributed by atoms with Gasteiger partial charge in [0.1, 0.15) is 29.7 Å². The summed E-state index contributed by atoms with van der Waals surface area (Å²) in [5.41, 5.74) is 2.93. The molecule has 2 aliphatic rings. The molecule has 3 amide bonds. The zero-order valence-corrected chi connectivity index (χ0v) is 20.6. The number of nitrogens with one attached hydrogen (secondary N) is 1. The van der Waals surface area contributed by atoms with Crippen LogP contribution in [0, 0.1) is 6.92 Å². The van der Waals surface area contributed by atoms with E-state index in [1.165, 1.54) is 5.56 Å². The third-order valence-electron chi connectivity index (χ3n) is 6.81. The summed E-state index contributed by atoms with van der Waals surface area (Å²) in [6.45, 7) is 8.27. The van der Waals surface area contributed by atoms with Crippen molar-refractivity contribution in [2.45, 2.75) is 64.0 Å². The molecule has 0 aromatic heterocycles. The van der Waals surface area contributed by atoms with E-state index in [0.717, 1.165) is 40.2 Å². The van der Waals surface area contributed by atoms with Gasteiger partial charge in [0, 0.05) is 0 Å². The average Bonchev–Trinajstić information content (AvgIpc) is 3.02. The topological polar surface area (TPSA) is 88.1 Å². The Morgan fingerprint density at radius 3 is 2.62 bits per heavy atom. The van der Waals surface area contributed by atoms with E-state index in [1.807, 2.05) is 37.3 Å². The van der Waals surface area contributed by atoms with Crippen LogP contribution in [0.1, 0.15) is 55.9 Å². The number of carbonyl (C=O) groups excluding carboxylic acids is 2. The van der Waals surface area contributed by atoms with Crippen molar-refractivity contribution >= 4 is 11.9 Å². The minimum atomic E-state index is -1.09. The van der Waals surface area contributed by atoms with E-state index in [-0.39, 0.29) is 24.5 Å². The fourth-order valence-electron chi connectivity index (χ4n) is 4.87. The van der Waals surface area contributed by atoms with Crippen LogP contribution < -0.4 is 14.8 Å². The Labute approximate surface area is 201 Å². The van der Waals surface area contributed by atoms with Crippen LogP contribution in [0.25, 0.3) is 0 Å². The van der Waals surface area contributed by atoms with Gasteiger partial charge >= 0.3 is 6.03 Å². The number of benzene rings is 2. The van der Waals surface area contributed by atoms with E-state index in [1.54, 1.807) is 7.11 Å². The van der Waals surface area contributed by atoms with Crippen molar-refractivity contribution < 1.29 is 24.2 Å². The van der Waals surface area contributed by atoms with Crippen molar-refractivity contribution in [1.82, 2.24) is 10.2 Å². The Bertz CT molecular complexity index is 1110. The van der Waals surface area contributed by atoms with E-state index in [4.69, 9.17) is 9.47 Å². The van der Waals surface area contributed by atoms with Gasteiger partial charge in [0.15, 0.2) is 0 Å². The number of hydrogen-bond donors (Lipinski definition) is 2. The minimum absolute atomic E-state index is 0.0203. The molecule has 1 spiro atoms.